The Balaban J connectivity index is 3.19. The lowest BCUT2D eigenvalue weighted by Crippen LogP contribution is -2.47. The second-order valence-corrected chi connectivity index (χ2v) is 10.3. The summed E-state index contributed by atoms with van der Waals surface area (Å²) in [4.78, 5) is 3.20. The van der Waals surface area contributed by atoms with Gasteiger partial charge in [0.15, 0.2) is 0 Å². The van der Waals surface area contributed by atoms with Crippen LogP contribution in [0.5, 0.6) is 0 Å². The topological polar surface area (TPSA) is 42.0 Å². The molecule has 0 aliphatic rings. The van der Waals surface area contributed by atoms with Crippen molar-refractivity contribution < 1.29 is 26.2 Å². The molecule has 1 unspecified atom stereocenters. The number of aromatic nitrogens is 1. The summed E-state index contributed by atoms with van der Waals surface area (Å²) in [5.74, 6) is -5.02. The Morgan fingerprint density at radius 2 is 1.71 bits per heavy atom. The summed E-state index contributed by atoms with van der Waals surface area (Å²) in [7, 11) is -1.79. The number of halogens is 5. The molecule has 0 fully saturated rings. The highest BCUT2D eigenvalue weighted by Crippen LogP contribution is 2.43. The number of nitrogens with one attached hydrogen (secondary N) is 1. The summed E-state index contributed by atoms with van der Waals surface area (Å²) >= 11 is 0. The summed E-state index contributed by atoms with van der Waals surface area (Å²) in [6.45, 7) is 1.59. The molecule has 3 nitrogen and oxygen atoms in total. The highest BCUT2D eigenvalue weighted by Gasteiger charge is 2.59. The molecule has 0 radical (unpaired) electrons. The minimum Gasteiger partial charge on any atom is -0.268 e. The van der Waals surface area contributed by atoms with E-state index in [0.29, 0.717) is 11.6 Å². The maximum absolute atomic E-state index is 13.1. The van der Waals surface area contributed by atoms with Crippen molar-refractivity contribution in [2.24, 2.45) is 0 Å². The van der Waals surface area contributed by atoms with E-state index in [9.17, 15) is 26.2 Å². The van der Waals surface area contributed by atoms with E-state index < -0.39 is 32.3 Å². The van der Waals surface area contributed by atoms with Gasteiger partial charge in [0.25, 0.3) is 0 Å². The lowest BCUT2D eigenvalue weighted by molar-refractivity contribution is -0.290. The van der Waals surface area contributed by atoms with E-state index in [4.69, 9.17) is 0 Å². The molecule has 1 N–H and O–H groups in total. The van der Waals surface area contributed by atoms with Crippen LogP contribution in [0.2, 0.25) is 0 Å². The van der Waals surface area contributed by atoms with E-state index in [1.165, 1.54) is 19.6 Å². The minimum absolute atomic E-state index is 0.313. The molecule has 0 amide bonds. The first kappa shape index (κ1) is 18.0. The number of hydrogen-bond acceptors (Lipinski definition) is 2. The predicted molar refractivity (Wildman–Crippen MR) is 71.7 cm³/mol. The minimum atomic E-state index is -5.70. The normalized spacial score (nSPS) is 17.1. The van der Waals surface area contributed by atoms with Gasteiger partial charge >= 0.3 is 12.1 Å². The van der Waals surface area contributed by atoms with Gasteiger partial charge in [0.2, 0.25) is 0 Å². The average Bonchev–Trinajstić information content (AvgIpc) is 2.36. The molecule has 1 aromatic rings. The average molecular weight is 332 g/mol. The van der Waals surface area contributed by atoms with E-state index in [0.717, 1.165) is 12.3 Å². The van der Waals surface area contributed by atoms with Crippen LogP contribution in [0.1, 0.15) is 23.4 Å². The number of hydrogen-bond donors (Lipinski definition) is 1. The molecule has 9 heteroatoms. The van der Waals surface area contributed by atoms with Gasteiger partial charge in [0.05, 0.1) is 0 Å². The summed E-state index contributed by atoms with van der Waals surface area (Å²) in [5, 5.41) is -0.604. The van der Waals surface area contributed by atoms with Gasteiger partial charge in [-0.05, 0) is 34.9 Å². The van der Waals surface area contributed by atoms with Gasteiger partial charge in [-0.2, -0.15) is 22.0 Å². The fourth-order valence-electron chi connectivity index (χ4n) is 1.55. The van der Waals surface area contributed by atoms with Crippen LogP contribution in [0, 0.1) is 0 Å². The molecule has 21 heavy (non-hydrogen) atoms. The smallest absolute Gasteiger partial charge is 0.268 e. The van der Waals surface area contributed by atoms with Gasteiger partial charge in [-0.3, -0.25) is 13.9 Å². The zero-order chi connectivity index (χ0) is 16.7. The van der Waals surface area contributed by atoms with E-state index in [2.05, 4.69) is 9.71 Å². The van der Waals surface area contributed by atoms with Crippen molar-refractivity contribution in [2.75, 3.05) is 19.6 Å². The molecule has 1 aromatic heterocycles. The maximum atomic E-state index is 13.1. The number of rotatable bonds is 4. The van der Waals surface area contributed by atoms with Crippen LogP contribution < -0.4 is 4.72 Å². The van der Waals surface area contributed by atoms with Crippen LogP contribution in [0.15, 0.2) is 18.3 Å². The van der Waals surface area contributed by atoms with Crippen molar-refractivity contribution >= 4 is 9.25 Å². The third-order valence-corrected chi connectivity index (χ3v) is 7.12. The lowest BCUT2D eigenvalue weighted by atomic mass is 10.1. The molecule has 0 saturated heterocycles. The predicted octanol–water partition coefficient (Wildman–Crippen LogP) is 3.01. The Bertz CT molecular complexity index is 576. The molecule has 1 rings (SSSR count). The van der Waals surface area contributed by atoms with Gasteiger partial charge in [0, 0.05) is 24.0 Å². The molecule has 0 spiro atoms. The van der Waals surface area contributed by atoms with Crippen molar-refractivity contribution in [2.45, 2.75) is 24.3 Å². The van der Waals surface area contributed by atoms with E-state index in [-0.39, 0.29) is 0 Å². The SMILES string of the molecule is CNS(C)(C)(=O)C(C)c1ccc(C(F)(F)C(F)(F)F)nc1. The first-order valence-corrected chi connectivity index (χ1v) is 8.76. The van der Waals surface area contributed by atoms with E-state index in [1.54, 1.807) is 6.92 Å². The van der Waals surface area contributed by atoms with Gasteiger partial charge in [0.1, 0.15) is 5.69 Å². The maximum Gasteiger partial charge on any atom is 0.459 e. The molecule has 0 aromatic carbocycles. The molecule has 1 atom stereocenters. The molecule has 0 aliphatic heterocycles. The highest BCUT2D eigenvalue weighted by atomic mass is 32.3. The molecule has 0 aliphatic carbocycles. The fraction of sp³-hybridized carbons (Fsp3) is 0.583. The van der Waals surface area contributed by atoms with Crippen LogP contribution in [-0.4, -0.2) is 34.9 Å². The molecule has 122 valence electrons. The summed E-state index contributed by atoms with van der Waals surface area (Å²) in [6, 6.07) is 1.70. The van der Waals surface area contributed by atoms with Crippen LogP contribution >= 0.6 is 0 Å². The summed E-state index contributed by atoms with van der Waals surface area (Å²) in [5.41, 5.74) is -1.07. The Hall–Kier alpha value is -1.09. The van der Waals surface area contributed by atoms with Crippen LogP contribution in [0.25, 0.3) is 0 Å². The Kier molecular flexibility index (Phi) is 4.26. The van der Waals surface area contributed by atoms with Crippen LogP contribution in [0.3, 0.4) is 0 Å². The quantitative estimate of drug-likeness (QED) is 0.861. The zero-order valence-electron chi connectivity index (χ0n) is 12.0. The monoisotopic (exact) mass is 332 g/mol. The first-order valence-electron chi connectivity index (χ1n) is 5.92. The molecular formula is C12H17F5N2OS. The Labute approximate surface area is 119 Å². The fourth-order valence-corrected chi connectivity index (χ4v) is 2.83. The molecular weight excluding hydrogens is 315 g/mol. The third-order valence-electron chi connectivity index (χ3n) is 3.57. The summed E-state index contributed by atoms with van der Waals surface area (Å²) < 4.78 is 78.3. The Morgan fingerprint density at radius 1 is 1.19 bits per heavy atom. The van der Waals surface area contributed by atoms with Crippen molar-refractivity contribution in [3.05, 3.63) is 29.6 Å². The number of nitrogens with zero attached hydrogens (tertiary/aromatic N) is 1. The van der Waals surface area contributed by atoms with Gasteiger partial charge in [-0.25, -0.2) is 0 Å². The molecule has 0 bridgehead atoms. The van der Waals surface area contributed by atoms with Crippen molar-refractivity contribution in [3.8, 4) is 0 Å². The standard InChI is InChI=1S/C12H17F5N2OS/c1-8(21(3,4,20)18-2)9-5-6-10(19-7-9)11(13,14)12(15,16)17/h5-8H,1-4H3,(H,18,20). The van der Waals surface area contributed by atoms with Crippen molar-refractivity contribution in [1.29, 1.82) is 0 Å². The zero-order valence-corrected chi connectivity index (χ0v) is 12.8. The summed E-state index contributed by atoms with van der Waals surface area (Å²) in [6.07, 6.45) is -1.86. The van der Waals surface area contributed by atoms with Crippen LogP contribution in [0.4, 0.5) is 22.0 Å². The van der Waals surface area contributed by atoms with E-state index >= 15 is 0 Å². The van der Waals surface area contributed by atoms with Gasteiger partial charge in [-0.15, -0.1) is 0 Å². The largest absolute Gasteiger partial charge is 0.459 e. The lowest BCUT2D eigenvalue weighted by Gasteiger charge is -2.40. The highest BCUT2D eigenvalue weighted by molar-refractivity contribution is 8.17. The third kappa shape index (κ3) is 3.39. The van der Waals surface area contributed by atoms with Gasteiger partial charge in [-0.1, -0.05) is 6.07 Å². The molecule has 0 saturated carbocycles. The second-order valence-electron chi connectivity index (χ2n) is 5.31. The van der Waals surface area contributed by atoms with Gasteiger partial charge < -0.3 is 0 Å². The van der Waals surface area contributed by atoms with Crippen molar-refractivity contribution in [3.63, 3.8) is 0 Å². The molecule has 1 heterocycles. The van der Waals surface area contributed by atoms with Crippen molar-refractivity contribution in [1.82, 2.24) is 9.71 Å². The van der Waals surface area contributed by atoms with E-state index in [1.807, 2.05) is 0 Å². The van der Waals surface area contributed by atoms with Crippen LogP contribution in [-0.2, 0) is 15.2 Å². The first-order chi connectivity index (χ1) is 9.21. The Morgan fingerprint density at radius 3 is 2.05 bits per heavy atom. The number of alkyl halides is 5. The second kappa shape index (κ2) is 4.98. The number of pyridine rings is 1.